The number of fused-ring (bicyclic) bond motifs is 3. The number of benzene rings is 2. The average molecular weight is 656 g/mol. The number of halogens is 1. The van der Waals surface area contributed by atoms with Gasteiger partial charge < -0.3 is 14.7 Å². The maximum absolute atomic E-state index is 14.2. The van der Waals surface area contributed by atoms with E-state index in [9.17, 15) is 24.3 Å². The highest BCUT2D eigenvalue weighted by Gasteiger charge is 2.57. The van der Waals surface area contributed by atoms with Crippen LogP contribution in [0, 0.1) is 17.8 Å². The predicted molar refractivity (Wildman–Crippen MR) is 169 cm³/mol. The second-order valence-corrected chi connectivity index (χ2v) is 12.7. The Bertz CT molecular complexity index is 1710. The van der Waals surface area contributed by atoms with E-state index in [1.54, 1.807) is 18.2 Å². The topological polar surface area (TPSA) is 104 Å². The summed E-state index contributed by atoms with van der Waals surface area (Å²) < 4.78 is 5.62. The molecule has 3 aliphatic carbocycles. The zero-order valence-electron chi connectivity index (χ0n) is 24.0. The van der Waals surface area contributed by atoms with Crippen LogP contribution >= 0.6 is 15.9 Å². The first kappa shape index (κ1) is 28.7. The van der Waals surface area contributed by atoms with Gasteiger partial charge in [-0.3, -0.25) is 24.1 Å². The summed E-state index contributed by atoms with van der Waals surface area (Å²) in [5, 5.41) is 11.4. The number of ether oxygens (including phenoxy) is 1. The number of hydrogen-bond donors (Lipinski definition) is 1. The molecule has 9 heteroatoms. The number of aromatic hydroxyl groups is 1. The highest BCUT2D eigenvalue weighted by molar-refractivity contribution is 9.12. The number of amides is 2. The molecule has 0 bridgehead atoms. The predicted octanol–water partition coefficient (Wildman–Crippen LogP) is 4.92. The Hall–Kier alpha value is -4.08. The minimum absolute atomic E-state index is 0.0394. The summed E-state index contributed by atoms with van der Waals surface area (Å²) in [6, 6.07) is 12.9. The lowest BCUT2D eigenvalue weighted by Crippen LogP contribution is -2.39. The number of morpholine rings is 1. The van der Waals surface area contributed by atoms with Gasteiger partial charge in [-0.1, -0.05) is 35.9 Å². The molecule has 4 unspecified atom stereocenters. The van der Waals surface area contributed by atoms with Crippen LogP contribution in [0.15, 0.2) is 88.5 Å². The molecule has 5 aliphatic rings. The number of ketones is 2. The maximum atomic E-state index is 14.2. The zero-order chi connectivity index (χ0) is 30.7. The van der Waals surface area contributed by atoms with E-state index in [0.717, 1.165) is 24.4 Å². The Kier molecular flexibility index (Phi) is 7.25. The molecule has 0 spiro atoms. The highest BCUT2D eigenvalue weighted by Crippen LogP contribution is 2.56. The van der Waals surface area contributed by atoms with Gasteiger partial charge in [-0.05, 0) is 70.9 Å². The van der Waals surface area contributed by atoms with Crippen LogP contribution in [0.1, 0.15) is 29.9 Å². The fourth-order valence-corrected chi connectivity index (χ4v) is 8.06. The van der Waals surface area contributed by atoms with E-state index in [4.69, 9.17) is 4.74 Å². The van der Waals surface area contributed by atoms with Crippen molar-refractivity contribution in [3.63, 3.8) is 0 Å². The second-order valence-electron chi connectivity index (χ2n) is 11.9. The van der Waals surface area contributed by atoms with Gasteiger partial charge in [0, 0.05) is 47.5 Å². The fourth-order valence-electron chi connectivity index (χ4n) is 7.61. The molecule has 44 heavy (non-hydrogen) atoms. The molecule has 2 aliphatic heterocycles. The van der Waals surface area contributed by atoms with Gasteiger partial charge in [0.15, 0.2) is 11.6 Å². The Balaban J connectivity index is 1.28. The van der Waals surface area contributed by atoms with Gasteiger partial charge in [0.25, 0.3) is 0 Å². The van der Waals surface area contributed by atoms with Gasteiger partial charge in [-0.25, -0.2) is 0 Å². The molecule has 7 rings (SSSR count). The van der Waals surface area contributed by atoms with Crippen molar-refractivity contribution < 1.29 is 29.0 Å². The zero-order valence-corrected chi connectivity index (χ0v) is 25.6. The first-order valence-electron chi connectivity index (χ1n) is 14.9. The van der Waals surface area contributed by atoms with Crippen molar-refractivity contribution >= 4 is 50.7 Å². The first-order valence-corrected chi connectivity index (χ1v) is 15.7. The number of hydrogen-bond acceptors (Lipinski definition) is 7. The van der Waals surface area contributed by atoms with Crippen LogP contribution in [-0.2, 0) is 30.3 Å². The Morgan fingerprint density at radius 1 is 0.977 bits per heavy atom. The van der Waals surface area contributed by atoms with E-state index in [1.165, 1.54) is 11.0 Å². The SMILES string of the molecule is C=CCc1cccc(C2C3=CCC4C(=O)N(c5ccc(N6CCOCC6)cc5)C(=O)C4C3CC3=C2C(=O)C=C(Br)C3=O)c1O. The monoisotopic (exact) mass is 654 g/mol. The number of anilines is 2. The van der Waals surface area contributed by atoms with Crippen LogP contribution in [0.25, 0.3) is 0 Å². The first-order chi connectivity index (χ1) is 21.3. The van der Waals surface area contributed by atoms with Crippen molar-refractivity contribution in [1.82, 2.24) is 0 Å². The van der Waals surface area contributed by atoms with Crippen molar-refractivity contribution in [2.24, 2.45) is 17.8 Å². The molecule has 224 valence electrons. The lowest BCUT2D eigenvalue weighted by molar-refractivity contribution is -0.123. The van der Waals surface area contributed by atoms with Gasteiger partial charge in [0.05, 0.1) is 35.2 Å². The summed E-state index contributed by atoms with van der Waals surface area (Å²) in [7, 11) is 0. The number of rotatable bonds is 5. The normalized spacial score (nSPS) is 26.7. The molecular formula is C35H31BrN2O6. The summed E-state index contributed by atoms with van der Waals surface area (Å²) in [6.07, 6.45) is 5.87. The van der Waals surface area contributed by atoms with E-state index in [2.05, 4.69) is 27.4 Å². The quantitative estimate of drug-likeness (QED) is 0.277. The van der Waals surface area contributed by atoms with Crippen LogP contribution in [0.2, 0.25) is 0 Å². The minimum Gasteiger partial charge on any atom is -0.507 e. The number of nitrogens with zero attached hydrogens (tertiary/aromatic N) is 2. The second kappa shape index (κ2) is 11.1. The number of phenols is 1. The fraction of sp³-hybridized carbons (Fsp3) is 0.314. The van der Waals surface area contributed by atoms with Gasteiger partial charge >= 0.3 is 0 Å². The Morgan fingerprint density at radius 2 is 1.70 bits per heavy atom. The van der Waals surface area contributed by atoms with Crippen LogP contribution in [0.5, 0.6) is 5.75 Å². The van der Waals surface area contributed by atoms with Crippen LogP contribution in [-0.4, -0.2) is 54.8 Å². The molecule has 2 amide bonds. The average Bonchev–Trinajstić information content (AvgIpc) is 3.30. The van der Waals surface area contributed by atoms with E-state index in [-0.39, 0.29) is 40.0 Å². The van der Waals surface area contributed by atoms with Gasteiger partial charge in [0.2, 0.25) is 11.8 Å². The van der Waals surface area contributed by atoms with Crippen molar-refractivity contribution in [2.45, 2.75) is 25.2 Å². The van der Waals surface area contributed by atoms with Crippen molar-refractivity contribution in [3.05, 3.63) is 99.6 Å². The number of carbonyl (C=O) groups is 4. The van der Waals surface area contributed by atoms with E-state index < -0.39 is 23.7 Å². The molecule has 2 aromatic carbocycles. The third-order valence-corrected chi connectivity index (χ3v) is 10.2. The molecule has 2 aromatic rings. The highest BCUT2D eigenvalue weighted by atomic mass is 79.9. The van der Waals surface area contributed by atoms with Crippen molar-refractivity contribution in [2.75, 3.05) is 36.1 Å². The van der Waals surface area contributed by atoms with E-state index >= 15 is 0 Å². The van der Waals surface area contributed by atoms with Crippen LogP contribution in [0.3, 0.4) is 0 Å². The third kappa shape index (κ3) is 4.44. The summed E-state index contributed by atoms with van der Waals surface area (Å²) in [5.41, 5.74) is 4.15. The standard InChI is InChI=1S/C35H31BrN2O6/c1-2-4-19-5-3-6-23(32(19)40)29-22-11-12-24-30(25(22)17-26-31(29)28(39)18-27(36)33(26)41)35(43)38(34(24)42)21-9-7-20(8-10-21)37-13-15-44-16-14-37/h2-3,5-11,18,24-25,29-30,40H,1,4,12-17H2. The Morgan fingerprint density at radius 3 is 2.43 bits per heavy atom. The lowest BCUT2D eigenvalue weighted by Gasteiger charge is -2.42. The Labute approximate surface area is 263 Å². The number of imide groups is 1. The van der Waals surface area contributed by atoms with Crippen molar-refractivity contribution in [3.8, 4) is 5.75 Å². The van der Waals surface area contributed by atoms with Gasteiger partial charge in [-0.2, -0.15) is 0 Å². The minimum atomic E-state index is -0.715. The molecular weight excluding hydrogens is 624 g/mol. The van der Waals surface area contributed by atoms with Crippen LogP contribution in [0.4, 0.5) is 11.4 Å². The molecule has 2 heterocycles. The molecule has 8 nitrogen and oxygen atoms in total. The van der Waals surface area contributed by atoms with Crippen LogP contribution < -0.4 is 9.80 Å². The number of Topliss-reactive ketones (excluding diaryl/α,β-unsaturated/α-hetero) is 1. The summed E-state index contributed by atoms with van der Waals surface area (Å²) in [6.45, 7) is 6.65. The number of allylic oxidation sites excluding steroid dienone is 7. The summed E-state index contributed by atoms with van der Waals surface area (Å²) in [5.74, 6) is -3.59. The van der Waals surface area contributed by atoms with Gasteiger partial charge in [-0.15, -0.1) is 6.58 Å². The molecule has 2 saturated heterocycles. The molecule has 2 fully saturated rings. The number of para-hydroxylation sites is 1. The lowest BCUT2D eigenvalue weighted by atomic mass is 9.59. The van der Waals surface area contributed by atoms with Crippen molar-refractivity contribution in [1.29, 1.82) is 0 Å². The molecule has 0 radical (unpaired) electrons. The molecule has 0 aromatic heterocycles. The smallest absolute Gasteiger partial charge is 0.238 e. The molecule has 0 saturated carbocycles. The summed E-state index contributed by atoms with van der Waals surface area (Å²) in [4.78, 5) is 58.6. The molecule has 1 N–H and O–H groups in total. The van der Waals surface area contributed by atoms with Gasteiger partial charge in [0.1, 0.15) is 5.75 Å². The van der Waals surface area contributed by atoms with E-state index in [1.807, 2.05) is 36.4 Å². The van der Waals surface area contributed by atoms with E-state index in [0.29, 0.717) is 54.0 Å². The number of carbonyl (C=O) groups excluding carboxylic acids is 4. The third-order valence-electron chi connectivity index (χ3n) is 9.64. The maximum Gasteiger partial charge on any atom is 0.238 e. The largest absolute Gasteiger partial charge is 0.507 e. The summed E-state index contributed by atoms with van der Waals surface area (Å²) >= 11 is 3.26. The molecule has 4 atom stereocenters. The number of phenolic OH excluding ortho intramolecular Hbond substituents is 1.